The molecule has 11 aromatic rings. The SMILES string of the molecule is CCOC(=O)c1cc(Br)c2ncccc2c1O.CCOC(=O)c1cc(Br)c2ncccc2c1OC.CCOC(=O)c1ccc2ncccc2c1OC.COC(=O)c1cc(Br)c(NC(C)=O)cc1OC.COC(=O)c1ccc(N)cc1OC.COC(=O)c1ccc(NC(C)=O)cc1OC.COc1cc(N)c(Br)cc1C(=O)O.Nc1ccc(C(=O)O)c(O)c1. The number of hydrogen-bond acceptors (Lipinski definition) is 30. The fourth-order valence-corrected chi connectivity index (χ4v) is 12.1. The number of phenolic OH excluding ortho intramolecular Hbond substituents is 1. The molecule has 0 saturated carbocycles. The van der Waals surface area contributed by atoms with Crippen molar-refractivity contribution in [1.29, 1.82) is 0 Å². The van der Waals surface area contributed by atoms with Gasteiger partial charge < -0.3 is 105 Å². The molecular formula is C84H86Br4N8O26. The number of hydrogen-bond donors (Lipinski definition) is 9. The Morgan fingerprint density at radius 2 is 0.779 bits per heavy atom. The standard InChI is InChI=1S/C13H12BrNO3.C13H13NO3.C12H10BrNO3.C11H12BrNO4.C11H13NO4.C9H11NO3.C8H8BrNO3.C7H7NO3/c1-3-18-13(16)9-7-10(14)11-8(12(9)17-2)5-4-6-15-11;1-3-17-13(15)10-6-7-11-9(12(10)16-2)5-4-8-14-11;1-2-17-12(16)8-6-9(13)10-7(11(8)15)4-3-5-14-10;1-6(14)13-9-5-10(16-2)7(4-8(9)12)11(15)17-3;1-7(13)12-8-4-5-9(11(14)16-3)10(6-8)15-2;1-12-8-5-6(10)3-4-7(8)9(11)13-2;1-13-7-3-6(10)5(9)2-4(7)8(11)12;8-4-1-2-5(7(10)11)6(9)3-4/h4-7H,3H2,1-2H3;4-8H,3H2,1-2H3;3-6,15H,2H2,1H3;4-5H,1-3H3,(H,13,14);4-6H,1-3H3,(H,12,13);3-5H,10H2,1-2H3;2-3H,10H2,1H3,(H,11,12);1-3,9H,8H2,(H,10,11). The van der Waals surface area contributed by atoms with Crippen molar-refractivity contribution in [2.24, 2.45) is 0 Å². The van der Waals surface area contributed by atoms with Crippen LogP contribution in [0.15, 0.2) is 176 Å². The molecule has 0 fully saturated rings. The number of halogens is 4. The Kier molecular flexibility index (Phi) is 41.6. The number of carbonyl (C=O) groups excluding carboxylic acids is 8. The van der Waals surface area contributed by atoms with Crippen LogP contribution in [-0.4, -0.2) is 179 Å². The number of methoxy groups -OCH3 is 9. The van der Waals surface area contributed by atoms with Crippen LogP contribution in [0.4, 0.5) is 28.4 Å². The van der Waals surface area contributed by atoms with Crippen LogP contribution < -0.4 is 56.3 Å². The van der Waals surface area contributed by atoms with Gasteiger partial charge in [0.15, 0.2) is 0 Å². The molecule has 11 rings (SSSR count). The predicted molar refractivity (Wildman–Crippen MR) is 469 cm³/mol. The lowest BCUT2D eigenvalue weighted by Gasteiger charge is -2.11. The third-order valence-electron chi connectivity index (χ3n) is 15.6. The van der Waals surface area contributed by atoms with Crippen molar-refractivity contribution in [3.05, 3.63) is 221 Å². The number of aromatic carboxylic acids is 2. The van der Waals surface area contributed by atoms with Gasteiger partial charge in [-0.05, 0) is 194 Å². The minimum atomic E-state index is -1.16. The van der Waals surface area contributed by atoms with E-state index in [-0.39, 0.29) is 63.9 Å². The number of amides is 2. The summed E-state index contributed by atoms with van der Waals surface area (Å²) in [6, 6.07) is 36.7. The Morgan fingerprint density at radius 1 is 0.377 bits per heavy atom. The molecule has 38 heteroatoms. The van der Waals surface area contributed by atoms with E-state index in [9.17, 15) is 53.1 Å². The summed E-state index contributed by atoms with van der Waals surface area (Å²) in [5.41, 5.74) is 22.8. The molecule has 3 heterocycles. The lowest BCUT2D eigenvalue weighted by molar-refractivity contribution is -0.115. The molecule has 0 bridgehead atoms. The largest absolute Gasteiger partial charge is 0.507 e. The number of fused-ring (bicyclic) bond motifs is 3. The summed E-state index contributed by atoms with van der Waals surface area (Å²) in [4.78, 5) is 125. The van der Waals surface area contributed by atoms with Gasteiger partial charge >= 0.3 is 47.8 Å². The number of ether oxygens (including phenoxy) is 12. The first kappa shape index (κ1) is 101. The molecule has 0 spiro atoms. The number of esters is 6. The van der Waals surface area contributed by atoms with Crippen LogP contribution in [0.3, 0.4) is 0 Å². The van der Waals surface area contributed by atoms with E-state index in [4.69, 9.17) is 75.2 Å². The minimum Gasteiger partial charge on any atom is -0.507 e. The van der Waals surface area contributed by atoms with Gasteiger partial charge in [0.1, 0.15) is 90.5 Å². The van der Waals surface area contributed by atoms with Gasteiger partial charge in [0.2, 0.25) is 11.8 Å². The third kappa shape index (κ3) is 28.9. The Hall–Kier alpha value is -13.6. The summed E-state index contributed by atoms with van der Waals surface area (Å²) in [6.45, 7) is 8.98. The van der Waals surface area contributed by atoms with Gasteiger partial charge in [-0.15, -0.1) is 0 Å². The van der Waals surface area contributed by atoms with E-state index in [1.54, 1.807) is 118 Å². The second-order valence-corrected chi connectivity index (χ2v) is 27.0. The van der Waals surface area contributed by atoms with Crippen molar-refractivity contribution in [2.45, 2.75) is 34.6 Å². The van der Waals surface area contributed by atoms with Crippen molar-refractivity contribution < 1.29 is 125 Å². The maximum Gasteiger partial charge on any atom is 0.341 e. The predicted octanol–water partition coefficient (Wildman–Crippen LogP) is 15.6. The number of pyridine rings is 3. The van der Waals surface area contributed by atoms with E-state index in [0.717, 1.165) is 26.3 Å². The topological polar surface area (TPSA) is 503 Å². The fourth-order valence-electron chi connectivity index (χ4n) is 10.2. The van der Waals surface area contributed by atoms with E-state index in [1.165, 1.54) is 126 Å². The van der Waals surface area contributed by atoms with Gasteiger partial charge in [-0.25, -0.2) is 38.4 Å². The maximum atomic E-state index is 11.9. The molecule has 8 aromatic carbocycles. The van der Waals surface area contributed by atoms with Gasteiger partial charge in [-0.1, -0.05) is 0 Å². The van der Waals surface area contributed by atoms with Crippen molar-refractivity contribution in [2.75, 3.05) is 112 Å². The van der Waals surface area contributed by atoms with Crippen LogP contribution in [0.2, 0.25) is 0 Å². The monoisotopic (exact) mass is 1940 g/mol. The first-order valence-corrected chi connectivity index (χ1v) is 38.5. The van der Waals surface area contributed by atoms with Gasteiger partial charge in [-0.3, -0.25) is 24.5 Å². The summed E-state index contributed by atoms with van der Waals surface area (Å²) in [6.07, 6.45) is 5.01. The molecule has 0 radical (unpaired) electrons. The number of carboxylic acids is 2. The summed E-state index contributed by atoms with van der Waals surface area (Å²) in [5, 5.41) is 43.5. The number of nitrogen functional groups attached to an aromatic ring is 3. The maximum absolute atomic E-state index is 11.9. The highest BCUT2D eigenvalue weighted by molar-refractivity contribution is 9.11. The second-order valence-electron chi connectivity index (χ2n) is 23.6. The molecule has 0 aliphatic rings. The Bertz CT molecular complexity index is 5590. The van der Waals surface area contributed by atoms with Crippen LogP contribution in [0, 0.1) is 0 Å². The zero-order valence-corrected chi connectivity index (χ0v) is 74.3. The summed E-state index contributed by atoms with van der Waals surface area (Å²) < 4.78 is 61.7. The van der Waals surface area contributed by atoms with Gasteiger partial charge in [-0.2, -0.15) is 0 Å². The number of benzene rings is 8. The molecule has 646 valence electrons. The first-order valence-electron chi connectivity index (χ1n) is 35.3. The normalized spacial score (nSPS) is 9.89. The smallest absolute Gasteiger partial charge is 0.341 e. The number of rotatable bonds is 19. The van der Waals surface area contributed by atoms with Gasteiger partial charge in [0.25, 0.3) is 0 Å². The average molecular weight is 1940 g/mol. The zero-order chi connectivity index (χ0) is 91.2. The number of carbonyl (C=O) groups is 10. The minimum absolute atomic E-state index is 0.0866. The fraction of sp³-hybridized carbons (Fsp3) is 0.202. The summed E-state index contributed by atoms with van der Waals surface area (Å²) in [5.74, 6) is -3.39. The van der Waals surface area contributed by atoms with Crippen LogP contribution in [0.25, 0.3) is 32.7 Å². The second kappa shape index (κ2) is 50.4. The molecule has 0 atom stereocenters. The number of anilines is 5. The Labute approximate surface area is 732 Å². The van der Waals surface area contributed by atoms with E-state index in [2.05, 4.69) is 104 Å². The molecular weight excluding hydrogens is 1860 g/mol. The number of aromatic nitrogens is 3. The summed E-state index contributed by atoms with van der Waals surface area (Å²) in [7, 11) is 12.7. The average Bonchev–Trinajstić information content (AvgIpc) is 0.776. The van der Waals surface area contributed by atoms with E-state index in [0.29, 0.717) is 117 Å². The highest BCUT2D eigenvalue weighted by Gasteiger charge is 2.23. The van der Waals surface area contributed by atoms with Crippen LogP contribution in [0.5, 0.6) is 46.0 Å². The molecule has 2 amide bonds. The van der Waals surface area contributed by atoms with E-state index in [1.807, 2.05) is 12.1 Å². The van der Waals surface area contributed by atoms with Crippen LogP contribution >= 0.6 is 63.7 Å². The number of nitrogens with zero attached hydrogens (tertiary/aromatic N) is 3. The van der Waals surface area contributed by atoms with Crippen molar-refractivity contribution in [3.63, 3.8) is 0 Å². The lowest BCUT2D eigenvalue weighted by Crippen LogP contribution is -2.09. The molecule has 0 aliphatic carbocycles. The number of aromatic hydroxyl groups is 2. The van der Waals surface area contributed by atoms with Crippen LogP contribution in [0.1, 0.15) is 117 Å². The third-order valence-corrected chi connectivity index (χ3v) is 18.2. The highest BCUT2D eigenvalue weighted by atomic mass is 79.9. The molecule has 34 nitrogen and oxygen atoms in total. The molecule has 3 aromatic heterocycles. The number of phenols is 2. The van der Waals surface area contributed by atoms with Gasteiger partial charge in [0, 0.05) is 120 Å². The lowest BCUT2D eigenvalue weighted by atomic mass is 10.1. The first-order chi connectivity index (χ1) is 58.0. The van der Waals surface area contributed by atoms with Crippen molar-refractivity contribution >= 4 is 184 Å². The Morgan fingerprint density at radius 3 is 1.27 bits per heavy atom. The van der Waals surface area contributed by atoms with Crippen molar-refractivity contribution in [1.82, 2.24) is 15.0 Å². The number of carboxylic acid groups (broad SMARTS) is 2. The van der Waals surface area contributed by atoms with E-state index < -0.39 is 41.8 Å². The molecule has 0 saturated heterocycles. The molecule has 0 aliphatic heterocycles. The van der Waals surface area contributed by atoms with Gasteiger partial charge in [0.05, 0.1) is 106 Å². The van der Waals surface area contributed by atoms with Crippen molar-refractivity contribution in [3.8, 4) is 46.0 Å². The Balaban J connectivity index is 0.000000294. The number of nitrogens with two attached hydrogens (primary N) is 3. The summed E-state index contributed by atoms with van der Waals surface area (Å²) >= 11 is 13.1. The van der Waals surface area contributed by atoms with Crippen LogP contribution in [-0.2, 0) is 38.0 Å². The number of nitrogens with one attached hydrogen (secondary N) is 2. The zero-order valence-electron chi connectivity index (χ0n) is 68.0. The van der Waals surface area contributed by atoms with E-state index >= 15 is 0 Å². The highest BCUT2D eigenvalue weighted by Crippen LogP contribution is 2.38. The molecule has 12 N–H and O–H groups in total. The molecule has 0 unspecified atom stereocenters. The molecule has 122 heavy (non-hydrogen) atoms. The quantitative estimate of drug-likeness (QED) is 0.0206.